The zero-order valence-electron chi connectivity index (χ0n) is 12.8. The van der Waals surface area contributed by atoms with Gasteiger partial charge in [0.25, 0.3) is 0 Å². The summed E-state index contributed by atoms with van der Waals surface area (Å²) in [5.74, 6) is 0.347. The zero-order chi connectivity index (χ0) is 14.4. The molecule has 1 aromatic rings. The molecule has 0 radical (unpaired) electrons. The summed E-state index contributed by atoms with van der Waals surface area (Å²) >= 11 is 0. The van der Waals surface area contributed by atoms with E-state index >= 15 is 0 Å². The van der Waals surface area contributed by atoms with Crippen molar-refractivity contribution in [1.82, 2.24) is 10.2 Å². The molecule has 112 valence electrons. The number of hydrogen-bond acceptors (Lipinski definition) is 3. The molecule has 1 aliphatic heterocycles. The number of phenols is 1. The van der Waals surface area contributed by atoms with E-state index in [0.29, 0.717) is 17.8 Å². The average Bonchev–Trinajstić information content (AvgIpc) is 2.46. The van der Waals surface area contributed by atoms with Crippen molar-refractivity contribution in [2.75, 3.05) is 20.1 Å². The quantitative estimate of drug-likeness (QED) is 0.838. The van der Waals surface area contributed by atoms with Crippen molar-refractivity contribution in [2.45, 2.75) is 51.1 Å². The highest BCUT2D eigenvalue weighted by Gasteiger charge is 2.18. The van der Waals surface area contributed by atoms with Crippen LogP contribution in [-0.4, -0.2) is 42.2 Å². The Morgan fingerprint density at radius 1 is 1.30 bits per heavy atom. The fourth-order valence-corrected chi connectivity index (χ4v) is 2.89. The Morgan fingerprint density at radius 3 is 2.75 bits per heavy atom. The fraction of sp³-hybridized carbons (Fsp3) is 0.647. The lowest BCUT2D eigenvalue weighted by Gasteiger charge is -2.33. The van der Waals surface area contributed by atoms with Gasteiger partial charge in [0.15, 0.2) is 0 Å². The minimum atomic E-state index is 0.347. The van der Waals surface area contributed by atoms with Gasteiger partial charge in [-0.1, -0.05) is 18.6 Å². The number of nitrogens with zero attached hydrogens (tertiary/aromatic N) is 1. The van der Waals surface area contributed by atoms with Crippen LogP contribution in [0.5, 0.6) is 5.75 Å². The summed E-state index contributed by atoms with van der Waals surface area (Å²) in [6, 6.07) is 8.81. The highest BCUT2D eigenvalue weighted by molar-refractivity contribution is 5.25. The number of aryl methyl sites for hydroxylation is 1. The van der Waals surface area contributed by atoms with Crippen molar-refractivity contribution >= 4 is 0 Å². The zero-order valence-corrected chi connectivity index (χ0v) is 12.8. The van der Waals surface area contributed by atoms with E-state index in [2.05, 4.69) is 24.2 Å². The Balaban J connectivity index is 1.67. The largest absolute Gasteiger partial charge is 0.508 e. The van der Waals surface area contributed by atoms with E-state index in [0.717, 1.165) is 19.4 Å². The third kappa shape index (κ3) is 4.80. The molecule has 1 saturated heterocycles. The van der Waals surface area contributed by atoms with Crippen LogP contribution in [0.25, 0.3) is 0 Å². The van der Waals surface area contributed by atoms with Gasteiger partial charge in [-0.05, 0) is 63.9 Å². The van der Waals surface area contributed by atoms with Crippen LogP contribution in [0.3, 0.4) is 0 Å². The van der Waals surface area contributed by atoms with Gasteiger partial charge in [-0.25, -0.2) is 0 Å². The van der Waals surface area contributed by atoms with Crippen LogP contribution in [0.1, 0.15) is 38.2 Å². The number of nitrogens with one attached hydrogen (secondary N) is 1. The molecule has 1 fully saturated rings. The number of piperidine rings is 1. The third-order valence-corrected chi connectivity index (χ3v) is 4.43. The van der Waals surface area contributed by atoms with E-state index in [4.69, 9.17) is 0 Å². The molecule has 0 aromatic heterocycles. The first-order valence-electron chi connectivity index (χ1n) is 7.86. The minimum absolute atomic E-state index is 0.347. The van der Waals surface area contributed by atoms with E-state index in [1.54, 1.807) is 12.1 Å². The summed E-state index contributed by atoms with van der Waals surface area (Å²) < 4.78 is 0. The molecule has 1 aliphatic rings. The van der Waals surface area contributed by atoms with E-state index in [9.17, 15) is 5.11 Å². The van der Waals surface area contributed by atoms with Gasteiger partial charge in [0.2, 0.25) is 0 Å². The molecule has 0 spiro atoms. The molecule has 0 aliphatic carbocycles. The number of rotatable bonds is 6. The summed E-state index contributed by atoms with van der Waals surface area (Å²) in [7, 11) is 2.24. The average molecular weight is 276 g/mol. The van der Waals surface area contributed by atoms with Gasteiger partial charge < -0.3 is 15.3 Å². The molecule has 3 nitrogen and oxygen atoms in total. The molecule has 0 amide bonds. The van der Waals surface area contributed by atoms with Crippen LogP contribution in [0, 0.1) is 0 Å². The van der Waals surface area contributed by atoms with Crippen molar-refractivity contribution in [1.29, 1.82) is 0 Å². The maximum atomic E-state index is 9.27. The SMILES string of the molecule is CC(CCc1ccc(O)cc1)NCC1CCCCN1C. The fourth-order valence-electron chi connectivity index (χ4n) is 2.89. The second kappa shape index (κ2) is 7.65. The van der Waals surface area contributed by atoms with Crippen LogP contribution >= 0.6 is 0 Å². The van der Waals surface area contributed by atoms with Crippen molar-refractivity contribution < 1.29 is 5.11 Å². The summed E-state index contributed by atoms with van der Waals surface area (Å²) in [4.78, 5) is 2.49. The number of likely N-dealkylation sites (tertiary alicyclic amines) is 1. The Bertz CT molecular complexity index is 390. The molecule has 0 saturated carbocycles. The number of likely N-dealkylation sites (N-methyl/N-ethyl adjacent to an activating group) is 1. The molecule has 3 heteroatoms. The number of aromatic hydroxyl groups is 1. The summed E-state index contributed by atoms with van der Waals surface area (Å²) in [5, 5.41) is 12.9. The van der Waals surface area contributed by atoms with Gasteiger partial charge in [-0.3, -0.25) is 0 Å². The maximum Gasteiger partial charge on any atom is 0.115 e. The van der Waals surface area contributed by atoms with Crippen LogP contribution in [0.4, 0.5) is 0 Å². The lowest BCUT2D eigenvalue weighted by molar-refractivity contribution is 0.178. The third-order valence-electron chi connectivity index (χ3n) is 4.43. The molecular weight excluding hydrogens is 248 g/mol. The minimum Gasteiger partial charge on any atom is -0.508 e. The van der Waals surface area contributed by atoms with Gasteiger partial charge in [0.1, 0.15) is 5.75 Å². The normalized spacial score (nSPS) is 21.8. The van der Waals surface area contributed by atoms with Crippen LogP contribution in [-0.2, 0) is 6.42 Å². The second-order valence-corrected chi connectivity index (χ2v) is 6.14. The van der Waals surface area contributed by atoms with E-state index in [1.165, 1.54) is 31.4 Å². The molecule has 2 rings (SSSR count). The monoisotopic (exact) mass is 276 g/mol. The maximum absolute atomic E-state index is 9.27. The lowest BCUT2D eigenvalue weighted by atomic mass is 10.0. The van der Waals surface area contributed by atoms with Gasteiger partial charge in [0.05, 0.1) is 0 Å². The van der Waals surface area contributed by atoms with Gasteiger partial charge >= 0.3 is 0 Å². The van der Waals surface area contributed by atoms with Crippen molar-refractivity contribution in [3.05, 3.63) is 29.8 Å². The van der Waals surface area contributed by atoms with Crippen LogP contribution in [0.15, 0.2) is 24.3 Å². The van der Waals surface area contributed by atoms with E-state index in [1.807, 2.05) is 12.1 Å². The Labute approximate surface area is 123 Å². The Kier molecular flexibility index (Phi) is 5.86. The lowest BCUT2D eigenvalue weighted by Crippen LogP contribution is -2.45. The van der Waals surface area contributed by atoms with Gasteiger partial charge in [-0.15, -0.1) is 0 Å². The Hall–Kier alpha value is -1.06. The molecular formula is C17H28N2O. The van der Waals surface area contributed by atoms with Crippen LogP contribution < -0.4 is 5.32 Å². The first-order chi connectivity index (χ1) is 9.65. The molecule has 1 aromatic carbocycles. The smallest absolute Gasteiger partial charge is 0.115 e. The standard InChI is InChI=1S/C17H28N2O/c1-14(6-7-15-8-10-17(20)11-9-15)18-13-16-5-3-4-12-19(16)2/h8-11,14,16,18,20H,3-7,12-13H2,1-2H3. The number of hydrogen-bond donors (Lipinski definition) is 2. The summed E-state index contributed by atoms with van der Waals surface area (Å²) in [5.41, 5.74) is 1.30. The summed E-state index contributed by atoms with van der Waals surface area (Å²) in [6.07, 6.45) is 6.26. The van der Waals surface area contributed by atoms with E-state index < -0.39 is 0 Å². The molecule has 0 bridgehead atoms. The van der Waals surface area contributed by atoms with Crippen molar-refractivity contribution in [3.63, 3.8) is 0 Å². The highest BCUT2D eigenvalue weighted by Crippen LogP contribution is 2.15. The molecule has 2 unspecified atom stereocenters. The molecule has 2 N–H and O–H groups in total. The molecule has 20 heavy (non-hydrogen) atoms. The predicted molar refractivity (Wildman–Crippen MR) is 84.2 cm³/mol. The van der Waals surface area contributed by atoms with Gasteiger partial charge in [-0.2, -0.15) is 0 Å². The predicted octanol–water partition coefficient (Wildman–Crippen LogP) is 2.79. The topological polar surface area (TPSA) is 35.5 Å². The number of phenolic OH excluding ortho intramolecular Hbond substituents is 1. The molecule has 2 atom stereocenters. The highest BCUT2D eigenvalue weighted by atomic mass is 16.3. The number of benzene rings is 1. The van der Waals surface area contributed by atoms with Crippen molar-refractivity contribution in [3.8, 4) is 5.75 Å². The molecule has 1 heterocycles. The van der Waals surface area contributed by atoms with E-state index in [-0.39, 0.29) is 0 Å². The van der Waals surface area contributed by atoms with Gasteiger partial charge in [0, 0.05) is 18.6 Å². The second-order valence-electron chi connectivity index (χ2n) is 6.14. The van der Waals surface area contributed by atoms with Crippen LogP contribution in [0.2, 0.25) is 0 Å². The summed E-state index contributed by atoms with van der Waals surface area (Å²) in [6.45, 7) is 4.62. The van der Waals surface area contributed by atoms with Crippen molar-refractivity contribution in [2.24, 2.45) is 0 Å². The first-order valence-corrected chi connectivity index (χ1v) is 7.86. The first kappa shape index (κ1) is 15.3. The Morgan fingerprint density at radius 2 is 2.05 bits per heavy atom.